The highest BCUT2D eigenvalue weighted by atomic mass is 32.2. The predicted molar refractivity (Wildman–Crippen MR) is 126 cm³/mol. The molecule has 3 aromatic rings. The summed E-state index contributed by atoms with van der Waals surface area (Å²) < 4.78 is 30.0. The lowest BCUT2D eigenvalue weighted by molar-refractivity contribution is 0.109. The summed E-state index contributed by atoms with van der Waals surface area (Å²) in [6.45, 7) is 0. The van der Waals surface area contributed by atoms with Crippen molar-refractivity contribution in [2.45, 2.75) is 4.90 Å². The molecule has 0 aliphatic heterocycles. The predicted octanol–water partition coefficient (Wildman–Crippen LogP) is 5.11. The van der Waals surface area contributed by atoms with E-state index in [0.29, 0.717) is 15.5 Å². The average Bonchev–Trinajstić information content (AvgIpc) is 2.79. The van der Waals surface area contributed by atoms with Crippen molar-refractivity contribution < 1.29 is 13.2 Å². The molecule has 0 amide bonds. The van der Waals surface area contributed by atoms with Gasteiger partial charge in [-0.2, -0.15) is 8.42 Å². The van der Waals surface area contributed by atoms with E-state index in [1.165, 1.54) is 23.9 Å². The van der Waals surface area contributed by atoms with Gasteiger partial charge in [-0.25, -0.2) is 4.99 Å². The van der Waals surface area contributed by atoms with Gasteiger partial charge in [0.05, 0.1) is 4.90 Å². The van der Waals surface area contributed by atoms with Crippen molar-refractivity contribution in [1.82, 2.24) is 0 Å². The minimum atomic E-state index is -3.96. The van der Waals surface area contributed by atoms with Gasteiger partial charge in [0.15, 0.2) is 5.84 Å². The van der Waals surface area contributed by atoms with Gasteiger partial charge in [0.1, 0.15) is 4.38 Å². The smallest absolute Gasteiger partial charge is 0.281 e. The third kappa shape index (κ3) is 5.91. The number of carbonyl (C=O) groups excluding carboxylic acids is 1. The van der Waals surface area contributed by atoms with Crippen LogP contribution in [0, 0.1) is 0 Å². The molecule has 0 spiro atoms. The van der Waals surface area contributed by atoms with E-state index in [4.69, 9.17) is 0 Å². The van der Waals surface area contributed by atoms with E-state index in [1.54, 1.807) is 73.0 Å². The van der Waals surface area contributed by atoms with E-state index in [0.717, 1.165) is 11.8 Å². The molecular weight excluding hydrogens is 436 g/mol. The fourth-order valence-corrected chi connectivity index (χ4v) is 4.66. The Kier molecular flexibility index (Phi) is 7.62. The summed E-state index contributed by atoms with van der Waals surface area (Å²) in [6, 6.07) is 25.6. The Morgan fingerprint density at radius 1 is 0.767 bits per heavy atom. The third-order valence-electron chi connectivity index (χ3n) is 3.84. The second-order valence-electron chi connectivity index (χ2n) is 5.91. The lowest BCUT2D eigenvalue weighted by atomic mass is 10.2. The van der Waals surface area contributed by atoms with Gasteiger partial charge in [0.2, 0.25) is 5.12 Å². The number of hydrogen-bond acceptors (Lipinski definition) is 5. The average molecular weight is 455 g/mol. The molecule has 0 atom stereocenters. The molecule has 0 unspecified atom stereocenters. The molecule has 0 radical (unpaired) electrons. The van der Waals surface area contributed by atoms with Crippen LogP contribution in [0.5, 0.6) is 0 Å². The van der Waals surface area contributed by atoms with E-state index >= 15 is 0 Å². The highest BCUT2D eigenvalue weighted by molar-refractivity contribution is 8.44. The van der Waals surface area contributed by atoms with Crippen molar-refractivity contribution in [3.8, 4) is 0 Å². The largest absolute Gasteiger partial charge is 0.284 e. The summed E-state index contributed by atoms with van der Waals surface area (Å²) in [4.78, 5) is 17.1. The van der Waals surface area contributed by atoms with Crippen molar-refractivity contribution >= 4 is 48.9 Å². The maximum absolute atomic E-state index is 12.8. The third-order valence-corrected chi connectivity index (χ3v) is 7.00. The molecule has 0 heterocycles. The molecule has 30 heavy (non-hydrogen) atoms. The molecule has 0 N–H and O–H groups in total. The van der Waals surface area contributed by atoms with Crippen LogP contribution in [0.2, 0.25) is 0 Å². The first-order chi connectivity index (χ1) is 14.5. The number of nitrogens with zero attached hydrogens (tertiary/aromatic N) is 2. The first-order valence-electron chi connectivity index (χ1n) is 8.85. The Bertz CT molecular complexity index is 1160. The number of aliphatic imine (C=N–C) groups is 1. The summed E-state index contributed by atoms with van der Waals surface area (Å²) in [7, 11) is -3.96. The van der Waals surface area contributed by atoms with Crippen molar-refractivity contribution in [3.63, 3.8) is 0 Å². The quantitative estimate of drug-likeness (QED) is 0.404. The molecule has 0 bridgehead atoms. The summed E-state index contributed by atoms with van der Waals surface area (Å²) >= 11 is 2.20. The van der Waals surface area contributed by atoms with Gasteiger partial charge in [-0.05, 0) is 30.2 Å². The van der Waals surface area contributed by atoms with Crippen molar-refractivity contribution in [2.24, 2.45) is 9.39 Å². The Hall–Kier alpha value is -2.68. The Morgan fingerprint density at radius 3 is 1.80 bits per heavy atom. The minimum absolute atomic E-state index is 0.0252. The van der Waals surface area contributed by atoms with Gasteiger partial charge >= 0.3 is 0 Å². The van der Waals surface area contributed by atoms with Crippen LogP contribution in [0.1, 0.15) is 15.9 Å². The molecule has 0 aliphatic rings. The van der Waals surface area contributed by atoms with E-state index in [9.17, 15) is 13.2 Å². The zero-order valence-electron chi connectivity index (χ0n) is 16.0. The molecular formula is C22H18N2O3S3. The summed E-state index contributed by atoms with van der Waals surface area (Å²) in [5, 5.41) is -0.179. The topological polar surface area (TPSA) is 75.9 Å². The molecule has 8 heteroatoms. The summed E-state index contributed by atoms with van der Waals surface area (Å²) in [5.41, 5.74) is 1.08. The summed E-state index contributed by atoms with van der Waals surface area (Å²) in [5.74, 6) is 0.0252. The molecule has 3 aromatic carbocycles. The maximum Gasteiger partial charge on any atom is 0.284 e. The van der Waals surface area contributed by atoms with Gasteiger partial charge in [-0.3, -0.25) is 4.79 Å². The SMILES string of the molecule is CSC(=NC(=NS(=O)(=O)c1ccccc1)c1ccccc1)SC(=O)c1ccccc1. The fourth-order valence-electron chi connectivity index (χ4n) is 2.39. The van der Waals surface area contributed by atoms with Crippen molar-refractivity contribution in [1.29, 1.82) is 0 Å². The zero-order valence-corrected chi connectivity index (χ0v) is 18.5. The van der Waals surface area contributed by atoms with Crippen LogP contribution in [0.4, 0.5) is 0 Å². The Morgan fingerprint density at radius 2 is 1.27 bits per heavy atom. The minimum Gasteiger partial charge on any atom is -0.281 e. The van der Waals surface area contributed by atoms with Crippen LogP contribution < -0.4 is 0 Å². The molecule has 152 valence electrons. The van der Waals surface area contributed by atoms with Gasteiger partial charge in [0, 0.05) is 11.1 Å². The van der Waals surface area contributed by atoms with Crippen molar-refractivity contribution in [2.75, 3.05) is 6.26 Å². The van der Waals surface area contributed by atoms with Crippen LogP contribution in [0.3, 0.4) is 0 Å². The summed E-state index contributed by atoms with van der Waals surface area (Å²) in [6.07, 6.45) is 1.78. The van der Waals surface area contributed by atoms with Gasteiger partial charge in [-0.1, -0.05) is 78.9 Å². The second kappa shape index (κ2) is 10.4. The van der Waals surface area contributed by atoms with Crippen LogP contribution in [0.25, 0.3) is 0 Å². The van der Waals surface area contributed by atoms with Gasteiger partial charge in [-0.15, -0.1) is 16.2 Å². The number of carbonyl (C=O) groups is 1. The number of amidine groups is 1. The molecule has 0 fully saturated rings. The number of hydrogen-bond donors (Lipinski definition) is 0. The molecule has 0 saturated heterocycles. The Labute approximate surface area is 184 Å². The lowest BCUT2D eigenvalue weighted by Gasteiger charge is -2.06. The molecule has 3 rings (SSSR count). The van der Waals surface area contributed by atoms with Crippen LogP contribution in [0.15, 0.2) is 105 Å². The second-order valence-corrected chi connectivity index (χ2v) is 9.53. The van der Waals surface area contributed by atoms with E-state index in [-0.39, 0.29) is 15.8 Å². The van der Waals surface area contributed by atoms with Crippen molar-refractivity contribution in [3.05, 3.63) is 102 Å². The molecule has 0 saturated carbocycles. The highest BCUT2D eigenvalue weighted by Crippen LogP contribution is 2.22. The molecule has 0 aromatic heterocycles. The van der Waals surface area contributed by atoms with Gasteiger partial charge < -0.3 is 0 Å². The maximum atomic E-state index is 12.8. The number of sulfonamides is 1. The normalized spacial score (nSPS) is 12.6. The van der Waals surface area contributed by atoms with Crippen LogP contribution in [-0.4, -0.2) is 30.0 Å². The lowest BCUT2D eigenvalue weighted by Crippen LogP contribution is -2.07. The van der Waals surface area contributed by atoms with E-state index in [1.807, 2.05) is 12.1 Å². The number of thioether (sulfide) groups is 2. The van der Waals surface area contributed by atoms with E-state index < -0.39 is 10.0 Å². The number of rotatable bonds is 4. The zero-order chi connectivity index (χ0) is 21.4. The van der Waals surface area contributed by atoms with E-state index in [2.05, 4.69) is 9.39 Å². The number of benzene rings is 3. The molecule has 0 aliphatic carbocycles. The first kappa shape index (κ1) is 22.0. The molecule has 5 nitrogen and oxygen atoms in total. The van der Waals surface area contributed by atoms with Gasteiger partial charge in [0.25, 0.3) is 10.0 Å². The monoisotopic (exact) mass is 454 g/mol. The Balaban J connectivity index is 2.01. The first-order valence-corrected chi connectivity index (χ1v) is 12.3. The standard InChI is InChI=1S/C22H18N2O3S3/c1-28-22(29-21(25)18-13-7-3-8-14-18)23-20(17-11-5-2-6-12-17)24-30(26,27)19-15-9-4-10-16-19/h2-16H,1H3. The van der Waals surface area contributed by atoms with Crippen LogP contribution >= 0.6 is 23.5 Å². The van der Waals surface area contributed by atoms with Crippen LogP contribution in [-0.2, 0) is 10.0 Å². The fraction of sp³-hybridized carbons (Fsp3) is 0.0455. The highest BCUT2D eigenvalue weighted by Gasteiger charge is 2.17.